The van der Waals surface area contributed by atoms with Gasteiger partial charge in [-0.3, -0.25) is 0 Å². The van der Waals surface area contributed by atoms with E-state index in [1.165, 1.54) is 12.1 Å². The minimum Gasteiger partial charge on any atom is -0.493 e. The molecule has 32 heavy (non-hydrogen) atoms. The fourth-order valence-electron chi connectivity index (χ4n) is 2.99. The van der Waals surface area contributed by atoms with Crippen molar-refractivity contribution in [2.75, 3.05) is 19.5 Å². The molecule has 4 rings (SSSR count). The quantitative estimate of drug-likeness (QED) is 0.432. The summed E-state index contributed by atoms with van der Waals surface area (Å²) in [6.45, 7) is 1.79. The zero-order valence-electron chi connectivity index (χ0n) is 17.6. The summed E-state index contributed by atoms with van der Waals surface area (Å²) in [7, 11) is 3.09. The van der Waals surface area contributed by atoms with Crippen LogP contribution in [-0.2, 0) is 6.61 Å². The summed E-state index contributed by atoms with van der Waals surface area (Å²) in [5.41, 5.74) is 1.82. The van der Waals surface area contributed by atoms with E-state index in [1.54, 1.807) is 57.5 Å². The van der Waals surface area contributed by atoms with E-state index in [2.05, 4.69) is 25.4 Å². The Bertz CT molecular complexity index is 1230. The van der Waals surface area contributed by atoms with Gasteiger partial charge in [-0.25, -0.2) is 9.37 Å². The van der Waals surface area contributed by atoms with Crippen LogP contribution in [0.2, 0.25) is 0 Å². The van der Waals surface area contributed by atoms with E-state index >= 15 is 0 Å². The van der Waals surface area contributed by atoms with E-state index in [-0.39, 0.29) is 24.3 Å². The molecule has 9 nitrogen and oxygen atoms in total. The summed E-state index contributed by atoms with van der Waals surface area (Å²) < 4.78 is 35.1. The third-order valence-corrected chi connectivity index (χ3v) is 4.37. The number of ether oxygens (including phenoxy) is 3. The number of nitrogens with one attached hydrogen (secondary N) is 1. The molecule has 2 aromatic heterocycles. The number of rotatable bonds is 8. The molecule has 0 unspecified atom stereocenters. The van der Waals surface area contributed by atoms with Gasteiger partial charge in [-0.2, -0.15) is 9.97 Å². The van der Waals surface area contributed by atoms with Crippen molar-refractivity contribution in [3.63, 3.8) is 0 Å². The van der Waals surface area contributed by atoms with Crippen molar-refractivity contribution in [3.8, 4) is 28.8 Å². The van der Waals surface area contributed by atoms with Gasteiger partial charge in [-0.1, -0.05) is 17.3 Å². The highest BCUT2D eigenvalue weighted by atomic mass is 19.1. The molecule has 0 radical (unpaired) electrons. The Morgan fingerprint density at radius 3 is 2.62 bits per heavy atom. The first-order chi connectivity index (χ1) is 15.6. The van der Waals surface area contributed by atoms with Crippen LogP contribution >= 0.6 is 0 Å². The lowest BCUT2D eigenvalue weighted by Crippen LogP contribution is -2.03. The standard InChI is InChI=1S/C22H20FN5O4/c1-13-10-18(27-22(24-13)25-15-7-4-6-14(23)11-15)31-12-19-26-21(28-32-19)16-8-5-9-17(29-2)20(16)30-3/h4-11H,12H2,1-3H3,(H,24,25,27). The number of nitrogens with zero attached hydrogens (tertiary/aromatic N) is 4. The summed E-state index contributed by atoms with van der Waals surface area (Å²) in [6, 6.07) is 13.1. The Morgan fingerprint density at radius 2 is 1.84 bits per heavy atom. The number of anilines is 2. The number of hydrogen-bond acceptors (Lipinski definition) is 9. The van der Waals surface area contributed by atoms with Crippen LogP contribution in [0.15, 0.2) is 53.1 Å². The molecule has 0 atom stereocenters. The molecule has 164 valence electrons. The summed E-state index contributed by atoms with van der Waals surface area (Å²) >= 11 is 0. The van der Waals surface area contributed by atoms with E-state index in [1.807, 2.05) is 0 Å². The van der Waals surface area contributed by atoms with Crippen LogP contribution in [0.1, 0.15) is 11.6 Å². The van der Waals surface area contributed by atoms with Crippen LogP contribution < -0.4 is 19.5 Å². The van der Waals surface area contributed by atoms with E-state index in [4.69, 9.17) is 18.7 Å². The van der Waals surface area contributed by atoms with E-state index in [0.29, 0.717) is 40.1 Å². The van der Waals surface area contributed by atoms with Gasteiger partial charge in [0.15, 0.2) is 18.1 Å². The van der Waals surface area contributed by atoms with E-state index in [9.17, 15) is 4.39 Å². The van der Waals surface area contributed by atoms with E-state index < -0.39 is 0 Å². The molecule has 0 bridgehead atoms. The fourth-order valence-corrected chi connectivity index (χ4v) is 2.99. The van der Waals surface area contributed by atoms with Crippen molar-refractivity contribution in [2.45, 2.75) is 13.5 Å². The maximum absolute atomic E-state index is 13.4. The van der Waals surface area contributed by atoms with Gasteiger partial charge in [-0.15, -0.1) is 0 Å². The lowest BCUT2D eigenvalue weighted by Gasteiger charge is -2.09. The van der Waals surface area contributed by atoms with Crippen molar-refractivity contribution in [1.82, 2.24) is 20.1 Å². The second-order valence-electron chi connectivity index (χ2n) is 6.65. The van der Waals surface area contributed by atoms with Gasteiger partial charge < -0.3 is 24.1 Å². The molecule has 2 heterocycles. The van der Waals surface area contributed by atoms with Gasteiger partial charge in [0.2, 0.25) is 17.7 Å². The zero-order valence-corrected chi connectivity index (χ0v) is 17.6. The lowest BCUT2D eigenvalue weighted by atomic mass is 10.1. The van der Waals surface area contributed by atoms with Crippen molar-refractivity contribution < 1.29 is 23.1 Å². The molecule has 0 spiro atoms. The van der Waals surface area contributed by atoms with Crippen LogP contribution in [0, 0.1) is 12.7 Å². The van der Waals surface area contributed by atoms with Crippen molar-refractivity contribution in [3.05, 3.63) is 65.9 Å². The van der Waals surface area contributed by atoms with Gasteiger partial charge in [0.25, 0.3) is 5.89 Å². The molecule has 0 aliphatic carbocycles. The topological polar surface area (TPSA) is 104 Å². The maximum atomic E-state index is 13.4. The Morgan fingerprint density at radius 1 is 1.00 bits per heavy atom. The number of benzene rings is 2. The van der Waals surface area contributed by atoms with Crippen molar-refractivity contribution in [2.24, 2.45) is 0 Å². The lowest BCUT2D eigenvalue weighted by molar-refractivity contribution is 0.235. The smallest absolute Gasteiger partial charge is 0.264 e. The van der Waals surface area contributed by atoms with Gasteiger partial charge in [0.1, 0.15) is 5.82 Å². The first kappa shape index (κ1) is 21.0. The van der Waals surface area contributed by atoms with Gasteiger partial charge in [-0.05, 0) is 37.3 Å². The normalized spacial score (nSPS) is 10.6. The monoisotopic (exact) mass is 437 g/mol. The molecule has 0 saturated heterocycles. The third-order valence-electron chi connectivity index (χ3n) is 4.37. The number of hydrogen-bond donors (Lipinski definition) is 1. The average Bonchev–Trinajstić information content (AvgIpc) is 3.25. The Labute approximate surface area is 183 Å². The first-order valence-corrected chi connectivity index (χ1v) is 9.60. The second kappa shape index (κ2) is 9.29. The highest BCUT2D eigenvalue weighted by Gasteiger charge is 2.17. The summed E-state index contributed by atoms with van der Waals surface area (Å²) in [4.78, 5) is 12.9. The summed E-state index contributed by atoms with van der Waals surface area (Å²) in [5.74, 6) is 1.87. The maximum Gasteiger partial charge on any atom is 0.264 e. The minimum absolute atomic E-state index is 0.00482. The van der Waals surface area contributed by atoms with Crippen LogP contribution in [-0.4, -0.2) is 34.3 Å². The Kier molecular flexibility index (Phi) is 6.11. The molecular formula is C22H20FN5O4. The number of aromatic nitrogens is 4. The van der Waals surface area contributed by atoms with Gasteiger partial charge in [0, 0.05) is 17.4 Å². The van der Waals surface area contributed by atoms with Crippen LogP contribution in [0.25, 0.3) is 11.4 Å². The number of para-hydroxylation sites is 1. The average molecular weight is 437 g/mol. The van der Waals surface area contributed by atoms with E-state index in [0.717, 1.165) is 0 Å². The summed E-state index contributed by atoms with van der Waals surface area (Å²) in [6.07, 6.45) is 0. The van der Waals surface area contributed by atoms with Crippen molar-refractivity contribution >= 4 is 11.6 Å². The molecule has 10 heteroatoms. The molecule has 0 amide bonds. The SMILES string of the molecule is COc1cccc(-c2noc(COc3cc(C)nc(Nc4cccc(F)c4)n3)n2)c1OC. The predicted octanol–water partition coefficient (Wildman–Crippen LogP) is 4.31. The zero-order chi connectivity index (χ0) is 22.5. The second-order valence-corrected chi connectivity index (χ2v) is 6.65. The third kappa shape index (κ3) is 4.75. The minimum atomic E-state index is -0.362. The van der Waals surface area contributed by atoms with Gasteiger partial charge in [0.05, 0.1) is 19.8 Å². The fraction of sp³-hybridized carbons (Fsp3) is 0.182. The largest absolute Gasteiger partial charge is 0.493 e. The molecule has 0 saturated carbocycles. The summed E-state index contributed by atoms with van der Waals surface area (Å²) in [5, 5.41) is 6.95. The first-order valence-electron chi connectivity index (χ1n) is 9.60. The highest BCUT2D eigenvalue weighted by Crippen LogP contribution is 2.36. The molecule has 0 fully saturated rings. The molecule has 0 aliphatic rings. The highest BCUT2D eigenvalue weighted by molar-refractivity contribution is 5.68. The number of halogens is 1. The van der Waals surface area contributed by atoms with Gasteiger partial charge >= 0.3 is 0 Å². The van der Waals surface area contributed by atoms with Crippen molar-refractivity contribution in [1.29, 1.82) is 0 Å². The molecular weight excluding hydrogens is 417 g/mol. The Balaban J connectivity index is 1.48. The molecule has 2 aromatic carbocycles. The molecule has 4 aromatic rings. The van der Waals surface area contributed by atoms with Crippen LogP contribution in [0.5, 0.6) is 17.4 Å². The molecule has 0 aliphatic heterocycles. The predicted molar refractivity (Wildman–Crippen MR) is 114 cm³/mol. The molecule has 1 N–H and O–H groups in total. The number of methoxy groups -OCH3 is 2. The Hall–Kier alpha value is -4.21. The van der Waals surface area contributed by atoms with Crippen LogP contribution in [0.4, 0.5) is 16.0 Å². The van der Waals surface area contributed by atoms with Crippen LogP contribution in [0.3, 0.4) is 0 Å². The number of aryl methyl sites for hydroxylation is 1.